The Balaban J connectivity index is 1.75. The quantitative estimate of drug-likeness (QED) is 0.835. The van der Waals surface area contributed by atoms with Crippen molar-refractivity contribution in [1.29, 1.82) is 0 Å². The second kappa shape index (κ2) is 7.20. The molecule has 0 aliphatic carbocycles. The number of aromatic nitrogens is 1. The van der Waals surface area contributed by atoms with Crippen molar-refractivity contribution in [3.05, 3.63) is 54.2 Å². The van der Waals surface area contributed by atoms with Crippen LogP contribution < -0.4 is 14.8 Å². The van der Waals surface area contributed by atoms with Crippen LogP contribution in [0, 0.1) is 5.92 Å². The van der Waals surface area contributed by atoms with Gasteiger partial charge in [-0.05, 0) is 17.7 Å². The predicted molar refractivity (Wildman–Crippen MR) is 93.4 cm³/mol. The van der Waals surface area contributed by atoms with Crippen molar-refractivity contribution < 1.29 is 17.9 Å². The Morgan fingerprint density at radius 1 is 1.20 bits per heavy atom. The molecule has 1 unspecified atom stereocenters. The number of nitrogens with zero attached hydrogens (tertiary/aromatic N) is 2. The molecule has 1 aromatic carbocycles. The van der Waals surface area contributed by atoms with E-state index in [-0.39, 0.29) is 30.5 Å². The Morgan fingerprint density at radius 2 is 1.96 bits per heavy atom. The average molecular weight is 361 g/mol. The second-order valence-corrected chi connectivity index (χ2v) is 7.66. The van der Waals surface area contributed by atoms with Crippen molar-refractivity contribution >= 4 is 21.7 Å². The zero-order valence-corrected chi connectivity index (χ0v) is 14.4. The van der Waals surface area contributed by atoms with Crippen LogP contribution >= 0.6 is 0 Å². The summed E-state index contributed by atoms with van der Waals surface area (Å²) in [6, 6.07) is 13.1. The summed E-state index contributed by atoms with van der Waals surface area (Å²) in [5, 5.41) is 5.09. The van der Waals surface area contributed by atoms with E-state index >= 15 is 0 Å². The maximum absolute atomic E-state index is 12.3. The van der Waals surface area contributed by atoms with E-state index in [2.05, 4.69) is 4.98 Å². The summed E-state index contributed by atoms with van der Waals surface area (Å²) in [6.45, 7) is 0.607. The third kappa shape index (κ3) is 4.55. The molecular weight excluding hydrogens is 342 g/mol. The van der Waals surface area contributed by atoms with E-state index in [9.17, 15) is 13.2 Å². The summed E-state index contributed by atoms with van der Waals surface area (Å²) in [4.78, 5) is 18.0. The molecule has 25 heavy (non-hydrogen) atoms. The molecule has 0 spiro atoms. The molecule has 1 amide bonds. The van der Waals surface area contributed by atoms with E-state index in [1.807, 2.05) is 30.3 Å². The number of benzene rings is 1. The number of primary sulfonamides is 1. The third-order valence-corrected chi connectivity index (χ3v) is 4.85. The van der Waals surface area contributed by atoms with Gasteiger partial charge < -0.3 is 4.74 Å². The fourth-order valence-corrected chi connectivity index (χ4v) is 3.74. The molecule has 0 saturated carbocycles. The lowest BCUT2D eigenvalue weighted by atomic mass is 10.1. The Labute approximate surface area is 146 Å². The number of nitrogens with two attached hydrogens (primary N) is 1. The van der Waals surface area contributed by atoms with Gasteiger partial charge in [0.15, 0.2) is 11.6 Å². The molecule has 2 N–H and O–H groups in total. The Kier molecular flexibility index (Phi) is 5.00. The molecule has 1 aliphatic rings. The van der Waals surface area contributed by atoms with Crippen molar-refractivity contribution in [1.82, 2.24) is 4.98 Å². The van der Waals surface area contributed by atoms with Crippen molar-refractivity contribution in [2.24, 2.45) is 11.1 Å². The second-order valence-electron chi connectivity index (χ2n) is 6.00. The highest BCUT2D eigenvalue weighted by atomic mass is 32.2. The summed E-state index contributed by atoms with van der Waals surface area (Å²) in [7, 11) is -3.62. The molecular formula is C17H19N3O4S. The SMILES string of the molecule is NS(=O)(=O)CC1CC(=O)N(c2ncccc2OCc2ccccc2)C1. The summed E-state index contributed by atoms with van der Waals surface area (Å²) >= 11 is 0. The van der Waals surface area contributed by atoms with Gasteiger partial charge in [-0.25, -0.2) is 18.5 Å². The van der Waals surface area contributed by atoms with Crippen LogP contribution in [0.1, 0.15) is 12.0 Å². The molecule has 7 nitrogen and oxygen atoms in total. The minimum Gasteiger partial charge on any atom is -0.485 e. The number of pyridine rings is 1. The van der Waals surface area contributed by atoms with Gasteiger partial charge in [0.1, 0.15) is 6.61 Å². The van der Waals surface area contributed by atoms with Crippen LogP contribution in [0.25, 0.3) is 0 Å². The molecule has 1 fully saturated rings. The molecule has 132 valence electrons. The lowest BCUT2D eigenvalue weighted by Gasteiger charge is -2.19. The zero-order chi connectivity index (χ0) is 17.9. The minimum absolute atomic E-state index is 0.130. The molecule has 3 rings (SSSR count). The van der Waals surface area contributed by atoms with E-state index in [4.69, 9.17) is 9.88 Å². The molecule has 1 atom stereocenters. The smallest absolute Gasteiger partial charge is 0.228 e. The highest BCUT2D eigenvalue weighted by molar-refractivity contribution is 7.89. The fraction of sp³-hybridized carbons (Fsp3) is 0.294. The van der Waals surface area contributed by atoms with Gasteiger partial charge in [-0.15, -0.1) is 0 Å². The first kappa shape index (κ1) is 17.4. The van der Waals surface area contributed by atoms with Crippen molar-refractivity contribution in [3.63, 3.8) is 0 Å². The largest absolute Gasteiger partial charge is 0.485 e. The van der Waals surface area contributed by atoms with Gasteiger partial charge in [0.2, 0.25) is 15.9 Å². The van der Waals surface area contributed by atoms with E-state index < -0.39 is 10.0 Å². The third-order valence-electron chi connectivity index (χ3n) is 3.92. The van der Waals surface area contributed by atoms with Crippen LogP contribution in [-0.2, 0) is 21.4 Å². The minimum atomic E-state index is -3.62. The van der Waals surface area contributed by atoms with Gasteiger partial charge >= 0.3 is 0 Å². The monoisotopic (exact) mass is 361 g/mol. The molecule has 1 aliphatic heterocycles. The molecule has 1 aromatic heterocycles. The first-order chi connectivity index (χ1) is 11.9. The molecule has 1 saturated heterocycles. The van der Waals surface area contributed by atoms with E-state index in [1.54, 1.807) is 18.3 Å². The van der Waals surface area contributed by atoms with Crippen LogP contribution in [0.2, 0.25) is 0 Å². The predicted octanol–water partition coefficient (Wildman–Crippen LogP) is 1.30. The van der Waals surface area contributed by atoms with Crippen LogP contribution in [0.4, 0.5) is 5.82 Å². The number of hydrogen-bond acceptors (Lipinski definition) is 5. The number of sulfonamides is 1. The van der Waals surface area contributed by atoms with Crippen LogP contribution in [0.15, 0.2) is 48.7 Å². The summed E-state index contributed by atoms with van der Waals surface area (Å²) in [6.07, 6.45) is 1.70. The summed E-state index contributed by atoms with van der Waals surface area (Å²) < 4.78 is 28.4. The summed E-state index contributed by atoms with van der Waals surface area (Å²) in [5.74, 6) is 0.141. The fourth-order valence-electron chi connectivity index (χ4n) is 2.86. The van der Waals surface area contributed by atoms with Gasteiger partial charge in [-0.3, -0.25) is 9.69 Å². The van der Waals surface area contributed by atoms with Crippen molar-refractivity contribution in [2.45, 2.75) is 13.0 Å². The molecule has 0 radical (unpaired) electrons. The molecule has 2 aromatic rings. The van der Waals surface area contributed by atoms with Gasteiger partial charge in [-0.1, -0.05) is 30.3 Å². The maximum Gasteiger partial charge on any atom is 0.228 e. The number of amides is 1. The Hall–Kier alpha value is -2.45. The number of carbonyl (C=O) groups is 1. The molecule has 2 heterocycles. The summed E-state index contributed by atoms with van der Waals surface area (Å²) in [5.41, 5.74) is 0.997. The molecule has 8 heteroatoms. The van der Waals surface area contributed by atoms with Crippen LogP contribution in [0.5, 0.6) is 5.75 Å². The highest BCUT2D eigenvalue weighted by Gasteiger charge is 2.34. The van der Waals surface area contributed by atoms with E-state index in [0.717, 1.165) is 5.56 Å². The molecule has 0 bridgehead atoms. The van der Waals surface area contributed by atoms with Gasteiger partial charge in [0.05, 0.1) is 5.75 Å². The number of ether oxygens (including phenoxy) is 1. The lowest BCUT2D eigenvalue weighted by molar-refractivity contribution is -0.117. The average Bonchev–Trinajstić information content (AvgIpc) is 2.92. The van der Waals surface area contributed by atoms with Crippen molar-refractivity contribution in [3.8, 4) is 5.75 Å². The number of rotatable bonds is 6. The topological polar surface area (TPSA) is 103 Å². The van der Waals surface area contributed by atoms with Gasteiger partial charge in [-0.2, -0.15) is 0 Å². The highest BCUT2D eigenvalue weighted by Crippen LogP contribution is 2.31. The van der Waals surface area contributed by atoms with Gasteiger partial charge in [0, 0.05) is 25.1 Å². The van der Waals surface area contributed by atoms with E-state index in [0.29, 0.717) is 18.2 Å². The van der Waals surface area contributed by atoms with Crippen molar-refractivity contribution in [2.75, 3.05) is 17.2 Å². The Morgan fingerprint density at radius 3 is 2.68 bits per heavy atom. The maximum atomic E-state index is 12.3. The lowest BCUT2D eigenvalue weighted by Crippen LogP contribution is -2.28. The Bertz CT molecular complexity index is 855. The zero-order valence-electron chi connectivity index (χ0n) is 13.5. The first-order valence-corrected chi connectivity index (χ1v) is 9.56. The standard InChI is InChI=1S/C17H19N3O4S/c18-25(22,23)12-14-9-16(21)20(10-14)17-15(7-4-8-19-17)24-11-13-5-2-1-3-6-13/h1-8,14H,9-12H2,(H2,18,22,23). The van der Waals surface area contributed by atoms with Gasteiger partial charge in [0.25, 0.3) is 0 Å². The first-order valence-electron chi connectivity index (χ1n) is 7.85. The number of hydrogen-bond donors (Lipinski definition) is 1. The van der Waals surface area contributed by atoms with E-state index in [1.165, 1.54) is 4.90 Å². The van der Waals surface area contributed by atoms with Crippen LogP contribution in [0.3, 0.4) is 0 Å². The van der Waals surface area contributed by atoms with Crippen LogP contribution in [-0.4, -0.2) is 31.6 Å². The number of anilines is 1. The normalized spacial score (nSPS) is 17.7. The number of carbonyl (C=O) groups excluding carboxylic acids is 1.